The van der Waals surface area contributed by atoms with Gasteiger partial charge in [0.25, 0.3) is 0 Å². The number of piperazine rings is 1. The van der Waals surface area contributed by atoms with Crippen LogP contribution in [-0.4, -0.2) is 59.7 Å². The minimum atomic E-state index is -0.108. The van der Waals surface area contributed by atoms with Crippen LogP contribution in [0.25, 0.3) is 0 Å². The molecule has 3 amide bonds. The van der Waals surface area contributed by atoms with Crippen molar-refractivity contribution >= 4 is 17.7 Å². The summed E-state index contributed by atoms with van der Waals surface area (Å²) >= 11 is 0. The Kier molecular flexibility index (Phi) is 6.72. The zero-order chi connectivity index (χ0) is 23.0. The van der Waals surface area contributed by atoms with E-state index in [-0.39, 0.29) is 17.2 Å². The Morgan fingerprint density at radius 1 is 0.818 bits per heavy atom. The first-order valence-corrected chi connectivity index (χ1v) is 13.8. The molecule has 5 fully saturated rings. The fourth-order valence-corrected chi connectivity index (χ4v) is 6.67. The van der Waals surface area contributed by atoms with E-state index in [1.165, 1.54) is 25.7 Å². The van der Waals surface area contributed by atoms with Crippen molar-refractivity contribution in [3.8, 4) is 0 Å². The Labute approximate surface area is 199 Å². The molecule has 1 saturated heterocycles. The molecule has 4 aliphatic carbocycles. The minimum absolute atomic E-state index is 0.108. The third kappa shape index (κ3) is 5.57. The fourth-order valence-electron chi connectivity index (χ4n) is 6.67. The van der Waals surface area contributed by atoms with Gasteiger partial charge in [0.1, 0.15) is 0 Å². The molecular weight excluding hydrogens is 414 g/mol. The van der Waals surface area contributed by atoms with Crippen LogP contribution in [0.4, 0.5) is 0 Å². The Hall–Kier alpha value is -1.59. The van der Waals surface area contributed by atoms with Gasteiger partial charge in [-0.2, -0.15) is 0 Å². The zero-order valence-corrected chi connectivity index (χ0v) is 20.5. The number of carbonyl (C=O) groups excluding carboxylic acids is 3. The molecule has 0 aromatic carbocycles. The van der Waals surface area contributed by atoms with Crippen molar-refractivity contribution in [3.63, 3.8) is 0 Å². The third-order valence-electron chi connectivity index (χ3n) is 9.43. The first kappa shape index (κ1) is 23.2. The lowest BCUT2D eigenvalue weighted by Crippen LogP contribution is -2.53. The van der Waals surface area contributed by atoms with Gasteiger partial charge in [-0.25, -0.2) is 0 Å². The number of rotatable bonds is 6. The van der Waals surface area contributed by atoms with Crippen LogP contribution in [0.3, 0.4) is 0 Å². The molecule has 0 aromatic heterocycles. The Bertz CT molecular complexity index is 744. The van der Waals surface area contributed by atoms with Gasteiger partial charge < -0.3 is 15.1 Å². The molecule has 4 saturated carbocycles. The van der Waals surface area contributed by atoms with Crippen LogP contribution in [0, 0.1) is 29.1 Å². The molecule has 2 atom stereocenters. The molecule has 33 heavy (non-hydrogen) atoms. The summed E-state index contributed by atoms with van der Waals surface area (Å²) in [6.07, 6.45) is 14.3. The zero-order valence-electron chi connectivity index (χ0n) is 20.5. The number of hydrogen-bond acceptors (Lipinski definition) is 3. The Balaban J connectivity index is 1.04. The number of carbonyl (C=O) groups is 3. The summed E-state index contributed by atoms with van der Waals surface area (Å²) in [5.74, 6) is 3.14. The van der Waals surface area contributed by atoms with E-state index >= 15 is 0 Å². The highest BCUT2D eigenvalue weighted by Crippen LogP contribution is 2.46. The van der Waals surface area contributed by atoms with Crippen molar-refractivity contribution in [2.45, 2.75) is 96.4 Å². The largest absolute Gasteiger partial charge is 0.353 e. The van der Waals surface area contributed by atoms with Gasteiger partial charge in [0.15, 0.2) is 0 Å². The number of nitrogens with one attached hydrogen (secondary N) is 1. The lowest BCUT2D eigenvalue weighted by atomic mass is 9.70. The van der Waals surface area contributed by atoms with Crippen LogP contribution < -0.4 is 5.32 Å². The molecule has 184 valence electrons. The van der Waals surface area contributed by atoms with Crippen LogP contribution >= 0.6 is 0 Å². The predicted octanol–water partition coefficient (Wildman–Crippen LogP) is 3.74. The minimum Gasteiger partial charge on any atom is -0.353 e. The molecule has 1 heterocycles. The predicted molar refractivity (Wildman–Crippen MR) is 127 cm³/mol. The van der Waals surface area contributed by atoms with Crippen molar-refractivity contribution in [1.29, 1.82) is 0 Å². The summed E-state index contributed by atoms with van der Waals surface area (Å²) in [5.41, 5.74) is -0.108. The number of hydrogen-bond donors (Lipinski definition) is 1. The lowest BCUT2D eigenvalue weighted by molar-refractivity contribution is -0.145. The topological polar surface area (TPSA) is 69.7 Å². The van der Waals surface area contributed by atoms with E-state index in [9.17, 15) is 14.4 Å². The molecule has 1 N–H and O–H groups in total. The van der Waals surface area contributed by atoms with E-state index in [0.717, 1.165) is 57.8 Å². The average molecular weight is 458 g/mol. The van der Waals surface area contributed by atoms with Gasteiger partial charge in [-0.3, -0.25) is 14.4 Å². The van der Waals surface area contributed by atoms with Gasteiger partial charge in [-0.1, -0.05) is 19.8 Å². The quantitative estimate of drug-likeness (QED) is 0.661. The molecule has 6 nitrogen and oxygen atoms in total. The van der Waals surface area contributed by atoms with Gasteiger partial charge in [0, 0.05) is 50.0 Å². The maximum absolute atomic E-state index is 13.2. The summed E-state index contributed by atoms with van der Waals surface area (Å²) in [6, 6.07) is 0.367. The second-order valence-corrected chi connectivity index (χ2v) is 12.1. The monoisotopic (exact) mass is 457 g/mol. The maximum Gasteiger partial charge on any atom is 0.228 e. The van der Waals surface area contributed by atoms with E-state index in [0.29, 0.717) is 61.8 Å². The van der Waals surface area contributed by atoms with Gasteiger partial charge in [-0.05, 0) is 82.0 Å². The van der Waals surface area contributed by atoms with E-state index < -0.39 is 0 Å². The molecule has 5 rings (SSSR count). The van der Waals surface area contributed by atoms with Crippen molar-refractivity contribution in [1.82, 2.24) is 15.1 Å². The number of nitrogens with zero attached hydrogens (tertiary/aromatic N) is 2. The third-order valence-corrected chi connectivity index (χ3v) is 9.43. The van der Waals surface area contributed by atoms with Gasteiger partial charge in [0.05, 0.1) is 0 Å². The SMILES string of the molecule is CC1(C(=O)N2CCN(C(=O)C3CCC(C4CCCC(NC(=O)CC5CC5)C4)CC3)CC2)CC1. The Morgan fingerprint density at radius 3 is 2.12 bits per heavy atom. The molecule has 0 radical (unpaired) electrons. The second kappa shape index (κ2) is 9.58. The molecule has 5 aliphatic rings. The molecule has 1 aliphatic heterocycles. The smallest absolute Gasteiger partial charge is 0.228 e. The molecule has 2 unspecified atom stereocenters. The van der Waals surface area contributed by atoms with Crippen molar-refractivity contribution in [2.24, 2.45) is 29.1 Å². The van der Waals surface area contributed by atoms with Crippen LogP contribution in [0.15, 0.2) is 0 Å². The average Bonchev–Trinajstić information content (AvgIpc) is 3.77. The van der Waals surface area contributed by atoms with Crippen LogP contribution in [-0.2, 0) is 14.4 Å². The summed E-state index contributed by atoms with van der Waals surface area (Å²) < 4.78 is 0. The maximum atomic E-state index is 13.2. The van der Waals surface area contributed by atoms with E-state index in [1.54, 1.807) is 0 Å². The lowest BCUT2D eigenvalue weighted by Gasteiger charge is -2.41. The second-order valence-electron chi connectivity index (χ2n) is 12.1. The number of amides is 3. The van der Waals surface area contributed by atoms with Gasteiger partial charge in [0.2, 0.25) is 17.7 Å². The van der Waals surface area contributed by atoms with E-state index in [4.69, 9.17) is 0 Å². The molecule has 6 heteroatoms. The molecule has 0 aromatic rings. The normalized spacial score (nSPS) is 34.0. The molecular formula is C27H43N3O3. The standard InChI is InChI=1S/C27H43N3O3/c1-27(11-12-27)26(33)30-15-13-29(14-16-30)25(32)21-9-7-20(8-10-21)22-3-2-4-23(18-22)28-24(31)17-19-5-6-19/h19-23H,2-18H2,1H3,(H,28,31). The highest BCUT2D eigenvalue weighted by atomic mass is 16.2. The highest BCUT2D eigenvalue weighted by molar-refractivity contribution is 5.85. The van der Waals surface area contributed by atoms with Crippen molar-refractivity contribution in [3.05, 3.63) is 0 Å². The van der Waals surface area contributed by atoms with Crippen LogP contribution in [0.5, 0.6) is 0 Å². The van der Waals surface area contributed by atoms with Gasteiger partial charge >= 0.3 is 0 Å². The van der Waals surface area contributed by atoms with Crippen LogP contribution in [0.1, 0.15) is 90.4 Å². The van der Waals surface area contributed by atoms with Crippen molar-refractivity contribution in [2.75, 3.05) is 26.2 Å². The summed E-state index contributed by atoms with van der Waals surface area (Å²) in [6.45, 7) is 4.87. The summed E-state index contributed by atoms with van der Waals surface area (Å²) in [7, 11) is 0. The first-order valence-electron chi connectivity index (χ1n) is 13.8. The van der Waals surface area contributed by atoms with E-state index in [2.05, 4.69) is 12.2 Å². The van der Waals surface area contributed by atoms with Crippen molar-refractivity contribution < 1.29 is 14.4 Å². The summed E-state index contributed by atoms with van der Waals surface area (Å²) in [5, 5.41) is 3.33. The van der Waals surface area contributed by atoms with Crippen LogP contribution in [0.2, 0.25) is 0 Å². The molecule has 0 bridgehead atoms. The highest BCUT2D eigenvalue weighted by Gasteiger charge is 2.47. The van der Waals surface area contributed by atoms with E-state index in [1.807, 2.05) is 9.80 Å². The first-order chi connectivity index (χ1) is 15.9. The van der Waals surface area contributed by atoms with Gasteiger partial charge in [-0.15, -0.1) is 0 Å². The fraction of sp³-hybridized carbons (Fsp3) is 0.889. The molecule has 0 spiro atoms. The Morgan fingerprint density at radius 2 is 1.48 bits per heavy atom. The summed E-state index contributed by atoms with van der Waals surface area (Å²) in [4.78, 5) is 42.0.